The highest BCUT2D eigenvalue weighted by Crippen LogP contribution is 2.39. The van der Waals surface area contributed by atoms with Gasteiger partial charge in [-0.3, -0.25) is 4.79 Å². The number of benzene rings is 1. The van der Waals surface area contributed by atoms with Gasteiger partial charge >= 0.3 is 11.9 Å². The minimum absolute atomic E-state index is 0.109. The summed E-state index contributed by atoms with van der Waals surface area (Å²) in [4.78, 5) is 38.2. The van der Waals surface area contributed by atoms with E-state index in [9.17, 15) is 14.4 Å². The molecule has 8 nitrogen and oxygen atoms in total. The molecule has 0 atom stereocenters. The van der Waals surface area contributed by atoms with Crippen molar-refractivity contribution in [3.8, 4) is 11.5 Å². The van der Waals surface area contributed by atoms with E-state index >= 15 is 0 Å². The number of hydrogen-bond acceptors (Lipinski definition) is 8. The second-order valence-electron chi connectivity index (χ2n) is 6.60. The van der Waals surface area contributed by atoms with Crippen molar-refractivity contribution in [2.75, 3.05) is 32.8 Å². The molecule has 0 radical (unpaired) electrons. The van der Waals surface area contributed by atoms with E-state index in [1.54, 1.807) is 6.92 Å². The maximum Gasteiger partial charge on any atom is 0.341 e. The van der Waals surface area contributed by atoms with Gasteiger partial charge in [0.1, 0.15) is 5.00 Å². The number of esters is 2. The van der Waals surface area contributed by atoms with Crippen LogP contribution in [0.25, 0.3) is 0 Å². The first kappa shape index (κ1) is 22.9. The van der Waals surface area contributed by atoms with Crippen LogP contribution < -0.4 is 14.8 Å². The lowest BCUT2D eigenvalue weighted by Gasteiger charge is -2.12. The lowest BCUT2D eigenvalue weighted by atomic mass is 10.1. The Kier molecular flexibility index (Phi) is 7.40. The number of rotatable bonds is 8. The van der Waals surface area contributed by atoms with Crippen LogP contribution in [0.1, 0.15) is 44.5 Å². The molecule has 0 aliphatic heterocycles. The molecule has 0 fully saturated rings. The third-order valence-corrected chi connectivity index (χ3v) is 6.15. The van der Waals surface area contributed by atoms with E-state index in [1.807, 2.05) is 0 Å². The number of fused-ring (bicyclic) bond motifs is 1. The fourth-order valence-corrected chi connectivity index (χ4v) is 4.91. The summed E-state index contributed by atoms with van der Waals surface area (Å²) in [6.07, 6.45) is 2.59. The number of aryl methyl sites for hydroxylation is 1. The fourth-order valence-electron chi connectivity index (χ4n) is 3.32. The third-order valence-electron chi connectivity index (χ3n) is 4.66. The number of methoxy groups -OCH3 is 2. The molecule has 1 N–H and O–H groups in total. The Morgan fingerprint density at radius 2 is 1.87 bits per heavy atom. The van der Waals surface area contributed by atoms with Gasteiger partial charge in [0, 0.05) is 4.88 Å². The number of carbonyl (C=O) groups is 3. The summed E-state index contributed by atoms with van der Waals surface area (Å²) in [5, 5.41) is 3.26. The summed E-state index contributed by atoms with van der Waals surface area (Å²) in [5.74, 6) is -1.23. The number of amides is 1. The summed E-state index contributed by atoms with van der Waals surface area (Å²) in [7, 11) is 2.84. The maximum absolute atomic E-state index is 12.4. The molecular formula is C21H22ClNO7S. The van der Waals surface area contributed by atoms with E-state index in [-0.39, 0.29) is 28.7 Å². The third kappa shape index (κ3) is 4.94. The first-order valence-electron chi connectivity index (χ1n) is 9.59. The number of anilines is 1. The number of thiophene rings is 1. The highest BCUT2D eigenvalue weighted by Gasteiger charge is 2.28. The maximum atomic E-state index is 12.4. The zero-order chi connectivity index (χ0) is 22.5. The monoisotopic (exact) mass is 467 g/mol. The molecule has 1 amide bonds. The zero-order valence-electron chi connectivity index (χ0n) is 17.3. The lowest BCUT2D eigenvalue weighted by Crippen LogP contribution is -2.22. The van der Waals surface area contributed by atoms with E-state index in [2.05, 4.69) is 5.32 Å². The van der Waals surface area contributed by atoms with Gasteiger partial charge in [-0.1, -0.05) is 11.6 Å². The predicted octanol–water partition coefficient (Wildman–Crippen LogP) is 3.88. The lowest BCUT2D eigenvalue weighted by molar-refractivity contribution is -0.119. The molecule has 0 saturated heterocycles. The standard InChI is InChI=1S/C21H22ClNO7S/c1-4-29-21(26)17-12-6-5-7-15(12)31-19(17)23-16(24)10-30-20(25)11-8-13(22)18(28-3)14(9-11)27-2/h8-9H,4-7,10H2,1-3H3,(H,23,24). The van der Waals surface area contributed by atoms with Crippen molar-refractivity contribution in [3.63, 3.8) is 0 Å². The normalized spacial score (nSPS) is 12.1. The molecule has 1 heterocycles. The summed E-state index contributed by atoms with van der Waals surface area (Å²) < 4.78 is 20.5. The van der Waals surface area contributed by atoms with Crippen molar-refractivity contribution in [3.05, 3.63) is 38.7 Å². The summed E-state index contributed by atoms with van der Waals surface area (Å²) in [6, 6.07) is 2.78. The van der Waals surface area contributed by atoms with Crippen LogP contribution in [0.4, 0.5) is 5.00 Å². The van der Waals surface area contributed by atoms with Gasteiger partial charge in [-0.15, -0.1) is 11.3 Å². The van der Waals surface area contributed by atoms with Gasteiger partial charge in [-0.2, -0.15) is 0 Å². The van der Waals surface area contributed by atoms with Crippen molar-refractivity contribution in [1.82, 2.24) is 0 Å². The van der Waals surface area contributed by atoms with Crippen molar-refractivity contribution in [2.45, 2.75) is 26.2 Å². The van der Waals surface area contributed by atoms with Crippen LogP contribution in [0.2, 0.25) is 5.02 Å². The predicted molar refractivity (Wildman–Crippen MR) is 116 cm³/mol. The van der Waals surface area contributed by atoms with Crippen molar-refractivity contribution < 1.29 is 33.3 Å². The van der Waals surface area contributed by atoms with Crippen LogP contribution >= 0.6 is 22.9 Å². The average molecular weight is 468 g/mol. The van der Waals surface area contributed by atoms with Crippen LogP contribution in [0.3, 0.4) is 0 Å². The molecule has 1 aliphatic carbocycles. The second kappa shape index (κ2) is 10.0. The Bertz CT molecular complexity index is 1020. The summed E-state index contributed by atoms with van der Waals surface area (Å²) in [5.41, 5.74) is 1.43. The van der Waals surface area contributed by atoms with Gasteiger partial charge in [0.15, 0.2) is 18.1 Å². The van der Waals surface area contributed by atoms with E-state index in [0.717, 1.165) is 29.7 Å². The molecule has 10 heteroatoms. The minimum Gasteiger partial charge on any atom is -0.493 e. The highest BCUT2D eigenvalue weighted by molar-refractivity contribution is 7.17. The molecule has 31 heavy (non-hydrogen) atoms. The van der Waals surface area contributed by atoms with E-state index in [4.69, 9.17) is 30.5 Å². The Morgan fingerprint density at radius 1 is 1.10 bits per heavy atom. The smallest absolute Gasteiger partial charge is 0.341 e. The van der Waals surface area contributed by atoms with Gasteiger partial charge in [0.05, 0.1) is 37.0 Å². The van der Waals surface area contributed by atoms with Gasteiger partial charge < -0.3 is 24.3 Å². The minimum atomic E-state index is -0.753. The van der Waals surface area contributed by atoms with Crippen LogP contribution in [-0.2, 0) is 27.1 Å². The quantitative estimate of drug-likeness (QED) is 0.588. The van der Waals surface area contributed by atoms with E-state index < -0.39 is 24.5 Å². The Hall–Kier alpha value is -2.78. The Morgan fingerprint density at radius 3 is 2.55 bits per heavy atom. The molecule has 1 aromatic carbocycles. The summed E-state index contributed by atoms with van der Waals surface area (Å²) >= 11 is 7.45. The topological polar surface area (TPSA) is 100 Å². The molecule has 166 valence electrons. The summed E-state index contributed by atoms with van der Waals surface area (Å²) in [6.45, 7) is 1.43. The largest absolute Gasteiger partial charge is 0.493 e. The zero-order valence-corrected chi connectivity index (χ0v) is 18.9. The van der Waals surface area contributed by atoms with Gasteiger partial charge in [-0.05, 0) is 43.9 Å². The Labute approximate surface area is 188 Å². The molecule has 1 aromatic heterocycles. The SMILES string of the molecule is CCOC(=O)c1c(NC(=O)COC(=O)c2cc(Cl)c(OC)c(OC)c2)sc2c1CCC2. The molecule has 1 aliphatic rings. The molecule has 0 unspecified atom stereocenters. The molecule has 0 spiro atoms. The second-order valence-corrected chi connectivity index (χ2v) is 8.11. The molecule has 0 saturated carbocycles. The van der Waals surface area contributed by atoms with Gasteiger partial charge in [0.25, 0.3) is 5.91 Å². The van der Waals surface area contributed by atoms with Crippen LogP contribution in [0.5, 0.6) is 11.5 Å². The first-order chi connectivity index (χ1) is 14.9. The first-order valence-corrected chi connectivity index (χ1v) is 10.8. The highest BCUT2D eigenvalue weighted by atomic mass is 35.5. The van der Waals surface area contributed by atoms with Gasteiger partial charge in [0.2, 0.25) is 0 Å². The van der Waals surface area contributed by atoms with E-state index in [0.29, 0.717) is 10.6 Å². The average Bonchev–Trinajstić information content (AvgIpc) is 3.32. The number of halogens is 1. The number of nitrogens with one attached hydrogen (secondary N) is 1. The van der Waals surface area contributed by atoms with Gasteiger partial charge in [-0.25, -0.2) is 9.59 Å². The molecule has 3 rings (SSSR count). The van der Waals surface area contributed by atoms with Crippen molar-refractivity contribution in [1.29, 1.82) is 0 Å². The van der Waals surface area contributed by atoms with Crippen molar-refractivity contribution >= 4 is 45.8 Å². The van der Waals surface area contributed by atoms with Crippen LogP contribution in [0.15, 0.2) is 12.1 Å². The van der Waals surface area contributed by atoms with Crippen LogP contribution in [-0.4, -0.2) is 45.3 Å². The molecule has 2 aromatic rings. The molecule has 0 bridgehead atoms. The van der Waals surface area contributed by atoms with E-state index in [1.165, 1.54) is 37.7 Å². The number of ether oxygens (including phenoxy) is 4. The van der Waals surface area contributed by atoms with Crippen LogP contribution in [0, 0.1) is 0 Å². The Balaban J connectivity index is 1.68. The number of carbonyl (C=O) groups excluding carboxylic acids is 3. The molecular weight excluding hydrogens is 446 g/mol. The fraction of sp³-hybridized carbons (Fsp3) is 0.381. The number of hydrogen-bond donors (Lipinski definition) is 1. The van der Waals surface area contributed by atoms with Crippen molar-refractivity contribution in [2.24, 2.45) is 0 Å².